The zero-order valence-corrected chi connectivity index (χ0v) is 14.2. The number of carbonyl (C=O) groups is 1. The number of aromatic nitrogens is 2. The Balaban J connectivity index is 1.55. The van der Waals surface area contributed by atoms with Crippen LogP contribution < -0.4 is 10.6 Å². The van der Waals surface area contributed by atoms with E-state index in [-0.39, 0.29) is 12.0 Å². The minimum atomic E-state index is -0.384. The molecule has 0 spiro atoms. The van der Waals surface area contributed by atoms with Crippen molar-refractivity contribution in [2.75, 3.05) is 5.32 Å². The maximum atomic E-state index is 11.9. The molecule has 0 saturated carbocycles. The number of nitrogens with zero attached hydrogens (tertiary/aromatic N) is 2. The Morgan fingerprint density at radius 3 is 2.64 bits per heavy atom. The first kappa shape index (κ1) is 16.7. The zero-order chi connectivity index (χ0) is 17.6. The average molecular weight is 336 g/mol. The molecule has 0 aliphatic heterocycles. The van der Waals surface area contributed by atoms with Crippen LogP contribution in [0.4, 0.5) is 10.8 Å². The molecule has 1 heterocycles. The largest absolute Gasteiger partial charge is 0.407 e. The fourth-order valence-corrected chi connectivity index (χ4v) is 2.50. The van der Waals surface area contributed by atoms with Crippen molar-refractivity contribution in [3.63, 3.8) is 0 Å². The molecule has 0 unspecified atom stereocenters. The summed E-state index contributed by atoms with van der Waals surface area (Å²) >= 11 is 0. The van der Waals surface area contributed by atoms with E-state index in [9.17, 15) is 4.79 Å². The van der Waals surface area contributed by atoms with Gasteiger partial charge in [0, 0.05) is 6.54 Å². The highest BCUT2D eigenvalue weighted by Crippen LogP contribution is 2.16. The summed E-state index contributed by atoms with van der Waals surface area (Å²) in [5, 5.41) is 13.1. The number of benzene rings is 2. The van der Waals surface area contributed by atoms with Crippen LogP contribution >= 0.6 is 0 Å². The lowest BCUT2D eigenvalue weighted by Gasteiger charge is -2.05. The van der Waals surface area contributed by atoms with Crippen molar-refractivity contribution >= 4 is 12.0 Å². The van der Waals surface area contributed by atoms with Gasteiger partial charge in [-0.3, -0.25) is 5.32 Å². The normalized spacial score (nSPS) is 10.5. The SMILES string of the molecule is Cc1ccc(Cc2nnc(NC(=O)NCc3ccccc3)o2)c(C)c1. The van der Waals surface area contributed by atoms with Gasteiger partial charge in [0.15, 0.2) is 0 Å². The summed E-state index contributed by atoms with van der Waals surface area (Å²) in [7, 11) is 0. The van der Waals surface area contributed by atoms with Gasteiger partial charge in [-0.15, -0.1) is 5.10 Å². The fraction of sp³-hybridized carbons (Fsp3) is 0.211. The Kier molecular flexibility index (Phi) is 5.09. The number of urea groups is 1. The second-order valence-electron chi connectivity index (χ2n) is 5.90. The lowest BCUT2D eigenvalue weighted by Crippen LogP contribution is -2.28. The first-order chi connectivity index (χ1) is 12.1. The maximum absolute atomic E-state index is 11.9. The number of nitrogens with one attached hydrogen (secondary N) is 2. The molecule has 0 saturated heterocycles. The van der Waals surface area contributed by atoms with Crippen molar-refractivity contribution in [3.8, 4) is 0 Å². The van der Waals surface area contributed by atoms with Crippen LogP contribution in [0.3, 0.4) is 0 Å². The summed E-state index contributed by atoms with van der Waals surface area (Å²) in [6.45, 7) is 4.53. The molecule has 0 fully saturated rings. The number of hydrogen-bond donors (Lipinski definition) is 2. The Hall–Kier alpha value is -3.15. The number of carbonyl (C=O) groups excluding carboxylic acids is 1. The van der Waals surface area contributed by atoms with Gasteiger partial charge in [-0.1, -0.05) is 59.2 Å². The molecule has 2 amide bonds. The second-order valence-corrected chi connectivity index (χ2v) is 5.90. The third-order valence-electron chi connectivity index (χ3n) is 3.82. The van der Waals surface area contributed by atoms with Gasteiger partial charge >= 0.3 is 12.0 Å². The Morgan fingerprint density at radius 1 is 1.08 bits per heavy atom. The second kappa shape index (κ2) is 7.61. The number of hydrogen-bond acceptors (Lipinski definition) is 4. The molecular weight excluding hydrogens is 316 g/mol. The minimum absolute atomic E-state index is 0.0883. The molecule has 0 aliphatic rings. The van der Waals surface area contributed by atoms with Gasteiger partial charge in [0.25, 0.3) is 0 Å². The molecule has 2 aromatic carbocycles. The Labute approximate surface area is 146 Å². The molecule has 0 aliphatic carbocycles. The van der Waals surface area contributed by atoms with Gasteiger partial charge < -0.3 is 9.73 Å². The highest BCUT2D eigenvalue weighted by molar-refractivity contribution is 5.86. The number of amides is 2. The summed E-state index contributed by atoms with van der Waals surface area (Å²) in [5.74, 6) is 0.463. The van der Waals surface area contributed by atoms with E-state index >= 15 is 0 Å². The Bertz CT molecular complexity index is 859. The van der Waals surface area contributed by atoms with Crippen LogP contribution in [0.15, 0.2) is 52.9 Å². The first-order valence-electron chi connectivity index (χ1n) is 8.07. The van der Waals surface area contributed by atoms with E-state index in [1.165, 1.54) is 11.1 Å². The van der Waals surface area contributed by atoms with Gasteiger partial charge in [-0.05, 0) is 30.5 Å². The van der Waals surface area contributed by atoms with Crippen LogP contribution in [-0.2, 0) is 13.0 Å². The third-order valence-corrected chi connectivity index (χ3v) is 3.82. The van der Waals surface area contributed by atoms with E-state index in [0.29, 0.717) is 18.9 Å². The third kappa shape index (κ3) is 4.67. The molecule has 3 rings (SSSR count). The quantitative estimate of drug-likeness (QED) is 0.746. The predicted octanol–water partition coefficient (Wildman–Crippen LogP) is 3.60. The summed E-state index contributed by atoms with van der Waals surface area (Å²) in [5.41, 5.74) is 4.52. The zero-order valence-electron chi connectivity index (χ0n) is 14.2. The highest BCUT2D eigenvalue weighted by Gasteiger charge is 2.11. The summed E-state index contributed by atoms with van der Waals surface area (Å²) < 4.78 is 5.50. The van der Waals surface area contributed by atoms with Crippen molar-refractivity contribution in [1.29, 1.82) is 0 Å². The molecule has 128 valence electrons. The number of rotatable bonds is 5. The molecule has 1 aromatic heterocycles. The van der Waals surface area contributed by atoms with Crippen molar-refractivity contribution in [1.82, 2.24) is 15.5 Å². The Morgan fingerprint density at radius 2 is 1.88 bits per heavy atom. The van der Waals surface area contributed by atoms with E-state index < -0.39 is 0 Å². The van der Waals surface area contributed by atoms with Crippen LogP contribution in [0.5, 0.6) is 0 Å². The van der Waals surface area contributed by atoms with Gasteiger partial charge in [-0.25, -0.2) is 4.79 Å². The molecule has 0 radical (unpaired) electrons. The van der Waals surface area contributed by atoms with Gasteiger partial charge in [0.2, 0.25) is 5.89 Å². The highest BCUT2D eigenvalue weighted by atomic mass is 16.4. The summed E-state index contributed by atoms with van der Waals surface area (Å²) in [6, 6.07) is 15.6. The maximum Gasteiger partial charge on any atom is 0.323 e. The van der Waals surface area contributed by atoms with Crippen molar-refractivity contribution < 1.29 is 9.21 Å². The molecule has 6 nitrogen and oxygen atoms in total. The smallest absolute Gasteiger partial charge is 0.323 e. The average Bonchev–Trinajstić information content (AvgIpc) is 3.03. The predicted molar refractivity (Wildman–Crippen MR) is 95.3 cm³/mol. The van der Waals surface area contributed by atoms with Crippen LogP contribution in [-0.4, -0.2) is 16.2 Å². The van der Waals surface area contributed by atoms with Crippen LogP contribution in [0, 0.1) is 13.8 Å². The van der Waals surface area contributed by atoms with Gasteiger partial charge in [-0.2, -0.15) is 0 Å². The van der Waals surface area contributed by atoms with Crippen LogP contribution in [0.1, 0.15) is 28.1 Å². The van der Waals surface area contributed by atoms with Crippen LogP contribution in [0.2, 0.25) is 0 Å². The molecule has 0 atom stereocenters. The lowest BCUT2D eigenvalue weighted by atomic mass is 10.0. The van der Waals surface area contributed by atoms with Crippen LogP contribution in [0.25, 0.3) is 0 Å². The summed E-state index contributed by atoms with van der Waals surface area (Å²) in [6.07, 6.45) is 0.534. The molecular formula is C19H20N4O2. The van der Waals surface area contributed by atoms with Gasteiger partial charge in [0.05, 0.1) is 6.42 Å². The van der Waals surface area contributed by atoms with Crippen molar-refractivity contribution in [3.05, 3.63) is 76.7 Å². The number of anilines is 1. The van der Waals surface area contributed by atoms with E-state index in [1.807, 2.05) is 30.3 Å². The van der Waals surface area contributed by atoms with Gasteiger partial charge in [0.1, 0.15) is 0 Å². The van der Waals surface area contributed by atoms with E-state index in [4.69, 9.17) is 4.42 Å². The topological polar surface area (TPSA) is 80.0 Å². The standard InChI is InChI=1S/C19H20N4O2/c1-13-8-9-16(14(2)10-13)11-17-22-23-19(25-17)21-18(24)20-12-15-6-4-3-5-7-15/h3-10H,11-12H2,1-2H3,(H2,20,21,23,24). The number of aryl methyl sites for hydroxylation is 2. The minimum Gasteiger partial charge on any atom is -0.407 e. The fourth-order valence-electron chi connectivity index (χ4n) is 2.50. The molecule has 25 heavy (non-hydrogen) atoms. The van der Waals surface area contributed by atoms with Crippen molar-refractivity contribution in [2.24, 2.45) is 0 Å². The lowest BCUT2D eigenvalue weighted by molar-refractivity contribution is 0.251. The van der Waals surface area contributed by atoms with E-state index in [0.717, 1.165) is 11.1 Å². The van der Waals surface area contributed by atoms with E-state index in [1.54, 1.807) is 0 Å². The molecule has 2 N–H and O–H groups in total. The molecule has 3 aromatic rings. The summed E-state index contributed by atoms with van der Waals surface area (Å²) in [4.78, 5) is 11.9. The molecule has 6 heteroatoms. The monoisotopic (exact) mass is 336 g/mol. The molecule has 0 bridgehead atoms. The van der Waals surface area contributed by atoms with Crippen molar-refractivity contribution in [2.45, 2.75) is 26.8 Å². The first-order valence-corrected chi connectivity index (χ1v) is 8.07. The van der Waals surface area contributed by atoms with E-state index in [2.05, 4.69) is 52.9 Å².